The Hall–Kier alpha value is -1.45. The van der Waals surface area contributed by atoms with Gasteiger partial charge in [0.1, 0.15) is 6.33 Å². The first-order chi connectivity index (χ1) is 5.70. The highest BCUT2D eigenvalue weighted by Gasteiger charge is 2.11. The van der Waals surface area contributed by atoms with Gasteiger partial charge in [-0.1, -0.05) is 6.92 Å². The van der Waals surface area contributed by atoms with E-state index in [9.17, 15) is 4.79 Å². The van der Waals surface area contributed by atoms with Gasteiger partial charge in [-0.3, -0.25) is 4.79 Å². The van der Waals surface area contributed by atoms with Crippen LogP contribution in [0.3, 0.4) is 0 Å². The molecule has 0 bridgehead atoms. The fraction of sp³-hybridized carbons (Fsp3) is 0.375. The van der Waals surface area contributed by atoms with Gasteiger partial charge in [0, 0.05) is 18.3 Å². The third-order valence-electron chi connectivity index (χ3n) is 1.58. The van der Waals surface area contributed by atoms with Crippen LogP contribution in [0.2, 0.25) is 0 Å². The van der Waals surface area contributed by atoms with Crippen LogP contribution in [0.1, 0.15) is 12.6 Å². The second kappa shape index (κ2) is 3.80. The number of nitrogens with zero attached hydrogens (tertiary/aromatic N) is 2. The highest BCUT2D eigenvalue weighted by molar-refractivity contribution is 5.69. The van der Waals surface area contributed by atoms with Crippen molar-refractivity contribution in [3.63, 3.8) is 0 Å². The average molecular weight is 166 g/mol. The maximum absolute atomic E-state index is 10.5. The summed E-state index contributed by atoms with van der Waals surface area (Å²) in [4.78, 5) is 18.1. The molecule has 1 heterocycles. The summed E-state index contributed by atoms with van der Waals surface area (Å²) in [5.41, 5.74) is 0.764. The molecule has 12 heavy (non-hydrogen) atoms. The summed E-state index contributed by atoms with van der Waals surface area (Å²) in [7, 11) is 0. The van der Waals surface area contributed by atoms with Crippen molar-refractivity contribution in [2.75, 3.05) is 0 Å². The van der Waals surface area contributed by atoms with Crippen LogP contribution in [0.25, 0.3) is 0 Å². The molecule has 4 nitrogen and oxygen atoms in total. The molecule has 64 valence electrons. The molecule has 1 aromatic heterocycles. The van der Waals surface area contributed by atoms with Gasteiger partial charge in [0.25, 0.3) is 0 Å². The minimum absolute atomic E-state index is 0.389. The van der Waals surface area contributed by atoms with Gasteiger partial charge in [-0.15, -0.1) is 0 Å². The van der Waals surface area contributed by atoms with Crippen molar-refractivity contribution in [3.8, 4) is 0 Å². The highest BCUT2D eigenvalue weighted by atomic mass is 16.4. The van der Waals surface area contributed by atoms with Crippen molar-refractivity contribution in [1.82, 2.24) is 9.97 Å². The second-order valence-corrected chi connectivity index (χ2v) is 2.64. The van der Waals surface area contributed by atoms with Gasteiger partial charge in [0.2, 0.25) is 0 Å². The third kappa shape index (κ3) is 2.30. The fourth-order valence-corrected chi connectivity index (χ4v) is 0.840. The molecule has 0 amide bonds. The zero-order valence-corrected chi connectivity index (χ0v) is 6.77. The van der Waals surface area contributed by atoms with Gasteiger partial charge in [-0.25, -0.2) is 9.97 Å². The maximum atomic E-state index is 10.5. The normalized spacial score (nSPS) is 12.4. The molecule has 0 aromatic carbocycles. The number of rotatable bonds is 3. The van der Waals surface area contributed by atoms with Crippen molar-refractivity contribution in [1.29, 1.82) is 0 Å². The van der Waals surface area contributed by atoms with Crippen molar-refractivity contribution in [2.24, 2.45) is 5.92 Å². The molecule has 0 saturated heterocycles. The standard InChI is InChI=1S/C8H10N2O2/c1-6(8(11)12)4-7-2-3-9-5-10-7/h2-3,5-6H,4H2,1H3,(H,11,12)/t6-/m0/s1. The van der Waals surface area contributed by atoms with Crippen LogP contribution in [-0.4, -0.2) is 21.0 Å². The summed E-state index contributed by atoms with van der Waals surface area (Å²) in [6, 6.07) is 1.72. The molecule has 1 aromatic rings. The molecule has 0 aliphatic rings. The van der Waals surface area contributed by atoms with Gasteiger partial charge >= 0.3 is 5.97 Å². The molecule has 0 aliphatic carbocycles. The Morgan fingerprint density at radius 3 is 3.00 bits per heavy atom. The van der Waals surface area contributed by atoms with E-state index in [2.05, 4.69) is 9.97 Å². The summed E-state index contributed by atoms with van der Waals surface area (Å²) in [6.45, 7) is 1.66. The van der Waals surface area contributed by atoms with E-state index >= 15 is 0 Å². The number of carboxylic acids is 1. The van der Waals surface area contributed by atoms with Gasteiger partial charge in [0.05, 0.1) is 5.92 Å². The van der Waals surface area contributed by atoms with Crippen LogP contribution in [0, 0.1) is 5.92 Å². The fourth-order valence-electron chi connectivity index (χ4n) is 0.840. The topological polar surface area (TPSA) is 63.1 Å². The van der Waals surface area contributed by atoms with Crippen LogP contribution < -0.4 is 0 Å². The van der Waals surface area contributed by atoms with Gasteiger partial charge in [-0.05, 0) is 6.07 Å². The quantitative estimate of drug-likeness (QED) is 0.719. The van der Waals surface area contributed by atoms with Crippen molar-refractivity contribution in [3.05, 3.63) is 24.3 Å². The Labute approximate surface area is 70.3 Å². The predicted molar refractivity (Wildman–Crippen MR) is 42.5 cm³/mol. The molecule has 0 radical (unpaired) electrons. The molecular weight excluding hydrogens is 156 g/mol. The first-order valence-electron chi connectivity index (χ1n) is 3.68. The number of hydrogen-bond donors (Lipinski definition) is 1. The van der Waals surface area contributed by atoms with Gasteiger partial charge in [-0.2, -0.15) is 0 Å². The van der Waals surface area contributed by atoms with Crippen molar-refractivity contribution < 1.29 is 9.90 Å². The van der Waals surface area contributed by atoms with Gasteiger partial charge in [0.15, 0.2) is 0 Å². The number of carboxylic acid groups (broad SMARTS) is 1. The largest absolute Gasteiger partial charge is 0.481 e. The molecule has 0 aliphatic heterocycles. The summed E-state index contributed by atoms with van der Waals surface area (Å²) >= 11 is 0. The molecule has 1 rings (SSSR count). The van der Waals surface area contributed by atoms with Crippen molar-refractivity contribution in [2.45, 2.75) is 13.3 Å². The summed E-state index contributed by atoms with van der Waals surface area (Å²) in [6.07, 6.45) is 3.48. The first-order valence-corrected chi connectivity index (χ1v) is 3.68. The lowest BCUT2D eigenvalue weighted by Gasteiger charge is -2.03. The van der Waals surface area contributed by atoms with Gasteiger partial charge < -0.3 is 5.11 Å². The van der Waals surface area contributed by atoms with Crippen LogP contribution in [0.5, 0.6) is 0 Å². The molecule has 4 heteroatoms. The predicted octanol–water partition coefficient (Wildman–Crippen LogP) is 0.740. The van der Waals surface area contributed by atoms with E-state index in [0.717, 1.165) is 5.69 Å². The molecular formula is C8H10N2O2. The Morgan fingerprint density at radius 2 is 2.50 bits per heavy atom. The SMILES string of the molecule is C[C@@H](Cc1ccncn1)C(=O)O. The maximum Gasteiger partial charge on any atom is 0.306 e. The molecule has 0 saturated carbocycles. The van der Waals surface area contributed by atoms with E-state index in [1.807, 2.05) is 0 Å². The van der Waals surface area contributed by atoms with Crippen molar-refractivity contribution >= 4 is 5.97 Å². The van der Waals surface area contributed by atoms with E-state index in [1.165, 1.54) is 6.33 Å². The minimum atomic E-state index is -0.798. The molecule has 0 spiro atoms. The van der Waals surface area contributed by atoms with Crippen LogP contribution in [0.15, 0.2) is 18.6 Å². The zero-order valence-electron chi connectivity index (χ0n) is 6.77. The third-order valence-corrected chi connectivity index (χ3v) is 1.58. The number of aliphatic carboxylic acids is 1. The van der Waals surface area contributed by atoms with E-state index < -0.39 is 5.97 Å². The lowest BCUT2D eigenvalue weighted by molar-refractivity contribution is -0.141. The van der Waals surface area contributed by atoms with E-state index in [0.29, 0.717) is 6.42 Å². The summed E-state index contributed by atoms with van der Waals surface area (Å²) < 4.78 is 0. The Bertz CT molecular complexity index is 261. The van der Waals surface area contributed by atoms with Crippen LogP contribution >= 0.6 is 0 Å². The monoisotopic (exact) mass is 166 g/mol. The molecule has 0 unspecified atom stereocenters. The first kappa shape index (κ1) is 8.64. The Kier molecular flexibility index (Phi) is 2.74. The second-order valence-electron chi connectivity index (χ2n) is 2.64. The lowest BCUT2D eigenvalue weighted by Crippen LogP contribution is -2.12. The van der Waals surface area contributed by atoms with E-state index in [4.69, 9.17) is 5.11 Å². The molecule has 1 N–H and O–H groups in total. The molecule has 0 fully saturated rings. The zero-order chi connectivity index (χ0) is 8.97. The Morgan fingerprint density at radius 1 is 1.75 bits per heavy atom. The average Bonchev–Trinajstić information content (AvgIpc) is 2.06. The minimum Gasteiger partial charge on any atom is -0.481 e. The number of aromatic nitrogens is 2. The lowest BCUT2D eigenvalue weighted by atomic mass is 10.1. The smallest absolute Gasteiger partial charge is 0.306 e. The van der Waals surface area contributed by atoms with E-state index in [-0.39, 0.29) is 5.92 Å². The number of hydrogen-bond acceptors (Lipinski definition) is 3. The summed E-state index contributed by atoms with van der Waals surface area (Å²) in [5, 5.41) is 8.60. The number of carbonyl (C=O) groups is 1. The summed E-state index contributed by atoms with van der Waals surface area (Å²) in [5.74, 6) is -1.19. The molecule has 1 atom stereocenters. The Balaban J connectivity index is 2.58. The van der Waals surface area contributed by atoms with Crippen LogP contribution in [-0.2, 0) is 11.2 Å². The van der Waals surface area contributed by atoms with Crippen LogP contribution in [0.4, 0.5) is 0 Å². The van der Waals surface area contributed by atoms with E-state index in [1.54, 1.807) is 19.2 Å². The highest BCUT2D eigenvalue weighted by Crippen LogP contribution is 2.04.